The van der Waals surface area contributed by atoms with Crippen molar-refractivity contribution in [2.45, 2.75) is 31.5 Å². The smallest absolute Gasteiger partial charge is 0.319 e. The number of hydrogen-bond acceptors (Lipinski definition) is 5. The SMILES string of the molecule is COc1cc(F)ccc1O[C@@H]1CCN(C(=O)C2CCN(C(=O)N(C)C)CC2)C[C@H]1O. The Labute approximate surface area is 176 Å². The van der Waals surface area contributed by atoms with E-state index < -0.39 is 18.0 Å². The van der Waals surface area contributed by atoms with Gasteiger partial charge in [0.2, 0.25) is 5.91 Å². The maximum Gasteiger partial charge on any atom is 0.319 e. The van der Waals surface area contributed by atoms with Crippen LogP contribution in [0.5, 0.6) is 11.5 Å². The molecule has 0 saturated carbocycles. The van der Waals surface area contributed by atoms with E-state index in [1.165, 1.54) is 25.3 Å². The summed E-state index contributed by atoms with van der Waals surface area (Å²) >= 11 is 0. The summed E-state index contributed by atoms with van der Waals surface area (Å²) in [4.78, 5) is 29.9. The van der Waals surface area contributed by atoms with Gasteiger partial charge in [0.25, 0.3) is 0 Å². The average molecular weight is 423 g/mol. The molecule has 0 unspecified atom stereocenters. The fourth-order valence-corrected chi connectivity index (χ4v) is 4.01. The Morgan fingerprint density at radius 1 is 1.10 bits per heavy atom. The lowest BCUT2D eigenvalue weighted by molar-refractivity contribution is -0.142. The van der Waals surface area contributed by atoms with E-state index >= 15 is 0 Å². The Balaban J connectivity index is 1.53. The van der Waals surface area contributed by atoms with Crippen LogP contribution in [0.1, 0.15) is 19.3 Å². The highest BCUT2D eigenvalue weighted by molar-refractivity contribution is 5.80. The molecule has 2 atom stereocenters. The Hall–Kier alpha value is -2.55. The number of benzene rings is 1. The van der Waals surface area contributed by atoms with Crippen molar-refractivity contribution in [2.75, 3.05) is 47.4 Å². The summed E-state index contributed by atoms with van der Waals surface area (Å²) in [6.07, 6.45) is 0.349. The predicted octanol–water partition coefficient (Wildman–Crippen LogP) is 1.57. The predicted molar refractivity (Wildman–Crippen MR) is 108 cm³/mol. The standard InChI is InChI=1S/C21H30FN3O5/c1-23(2)21(28)24-9-6-14(7-10-24)20(27)25-11-8-17(16(26)13-25)30-18-5-4-15(22)12-19(18)29-3/h4-5,12,14,16-17,26H,6-11,13H2,1-3H3/t16-,17-/m1/s1. The number of methoxy groups -OCH3 is 1. The highest BCUT2D eigenvalue weighted by atomic mass is 19.1. The molecule has 0 spiro atoms. The van der Waals surface area contributed by atoms with Gasteiger partial charge in [0.15, 0.2) is 11.5 Å². The Morgan fingerprint density at radius 2 is 1.77 bits per heavy atom. The topological polar surface area (TPSA) is 82.6 Å². The monoisotopic (exact) mass is 423 g/mol. The van der Waals surface area contributed by atoms with Crippen LogP contribution in [0.4, 0.5) is 9.18 Å². The van der Waals surface area contributed by atoms with Gasteiger partial charge >= 0.3 is 6.03 Å². The van der Waals surface area contributed by atoms with Gasteiger partial charge in [0.1, 0.15) is 18.0 Å². The Bertz CT molecular complexity index is 767. The molecule has 1 aromatic rings. The first-order valence-corrected chi connectivity index (χ1v) is 10.2. The fraction of sp³-hybridized carbons (Fsp3) is 0.619. The molecule has 1 aromatic carbocycles. The van der Waals surface area contributed by atoms with Crippen molar-refractivity contribution in [2.24, 2.45) is 5.92 Å². The number of rotatable bonds is 4. The van der Waals surface area contributed by atoms with Crippen molar-refractivity contribution in [1.29, 1.82) is 0 Å². The van der Waals surface area contributed by atoms with Crippen molar-refractivity contribution in [3.8, 4) is 11.5 Å². The van der Waals surface area contributed by atoms with Crippen LogP contribution in [0, 0.1) is 11.7 Å². The summed E-state index contributed by atoms with van der Waals surface area (Å²) in [5.41, 5.74) is 0. The lowest BCUT2D eigenvalue weighted by atomic mass is 9.93. The highest BCUT2D eigenvalue weighted by Gasteiger charge is 2.36. The molecule has 0 bridgehead atoms. The first-order valence-electron chi connectivity index (χ1n) is 10.2. The van der Waals surface area contributed by atoms with E-state index in [-0.39, 0.29) is 30.2 Å². The lowest BCUT2D eigenvalue weighted by Gasteiger charge is -2.39. The molecule has 0 radical (unpaired) electrons. The first-order chi connectivity index (χ1) is 14.3. The second-order valence-corrected chi connectivity index (χ2v) is 8.03. The van der Waals surface area contributed by atoms with Gasteiger partial charge in [0, 0.05) is 52.1 Å². The van der Waals surface area contributed by atoms with Crippen LogP contribution >= 0.6 is 0 Å². The normalized spacial score (nSPS) is 22.6. The van der Waals surface area contributed by atoms with E-state index in [0.29, 0.717) is 44.6 Å². The second kappa shape index (κ2) is 9.51. The lowest BCUT2D eigenvalue weighted by Crippen LogP contribution is -2.53. The molecule has 9 heteroatoms. The quantitative estimate of drug-likeness (QED) is 0.795. The fourth-order valence-electron chi connectivity index (χ4n) is 4.01. The molecule has 3 rings (SSSR count). The van der Waals surface area contributed by atoms with Crippen LogP contribution in [0.2, 0.25) is 0 Å². The Kier molecular flexibility index (Phi) is 7.02. The van der Waals surface area contributed by atoms with E-state index in [1.807, 2.05) is 0 Å². The minimum Gasteiger partial charge on any atom is -0.493 e. The molecular formula is C21H30FN3O5. The summed E-state index contributed by atoms with van der Waals surface area (Å²) in [6, 6.07) is 3.94. The number of carbonyl (C=O) groups excluding carboxylic acids is 2. The number of urea groups is 1. The van der Waals surface area contributed by atoms with E-state index in [1.54, 1.807) is 28.8 Å². The minimum absolute atomic E-state index is 0.0174. The van der Waals surface area contributed by atoms with Gasteiger partial charge in [-0.2, -0.15) is 0 Å². The zero-order chi connectivity index (χ0) is 21.8. The molecule has 2 aliphatic heterocycles. The molecule has 8 nitrogen and oxygen atoms in total. The average Bonchev–Trinajstić information content (AvgIpc) is 2.75. The molecule has 0 aliphatic carbocycles. The van der Waals surface area contributed by atoms with Crippen molar-refractivity contribution in [3.63, 3.8) is 0 Å². The summed E-state index contributed by atoms with van der Waals surface area (Å²) in [5, 5.41) is 10.5. The number of ether oxygens (including phenoxy) is 2. The number of piperidine rings is 2. The molecule has 0 aromatic heterocycles. The van der Waals surface area contributed by atoms with Crippen molar-refractivity contribution in [3.05, 3.63) is 24.0 Å². The highest BCUT2D eigenvalue weighted by Crippen LogP contribution is 2.31. The van der Waals surface area contributed by atoms with Crippen LogP contribution in [-0.4, -0.2) is 91.3 Å². The van der Waals surface area contributed by atoms with E-state index in [0.717, 1.165) is 0 Å². The third-order valence-electron chi connectivity index (χ3n) is 5.73. The zero-order valence-corrected chi connectivity index (χ0v) is 17.7. The minimum atomic E-state index is -0.854. The molecule has 2 saturated heterocycles. The van der Waals surface area contributed by atoms with Crippen LogP contribution in [0.15, 0.2) is 18.2 Å². The molecule has 2 aliphatic rings. The van der Waals surface area contributed by atoms with Crippen LogP contribution in [0.3, 0.4) is 0 Å². The number of nitrogens with zero attached hydrogens (tertiary/aromatic N) is 3. The van der Waals surface area contributed by atoms with Gasteiger partial charge in [-0.1, -0.05) is 0 Å². The molecule has 30 heavy (non-hydrogen) atoms. The summed E-state index contributed by atoms with van der Waals surface area (Å²) in [5.74, 6) is 0.0702. The largest absolute Gasteiger partial charge is 0.493 e. The Morgan fingerprint density at radius 3 is 2.37 bits per heavy atom. The number of hydrogen-bond donors (Lipinski definition) is 1. The molecule has 3 amide bonds. The number of aliphatic hydroxyl groups excluding tert-OH is 1. The third-order valence-corrected chi connectivity index (χ3v) is 5.73. The van der Waals surface area contributed by atoms with Gasteiger partial charge in [-0.3, -0.25) is 4.79 Å². The number of amides is 3. The summed E-state index contributed by atoms with van der Waals surface area (Å²) in [7, 11) is 4.86. The molecule has 2 heterocycles. The van der Waals surface area contributed by atoms with Gasteiger partial charge in [-0.05, 0) is 25.0 Å². The maximum absolute atomic E-state index is 13.4. The number of β-amino-alcohol motifs (C(OH)–C–C–N with tert-alkyl or cyclic N) is 1. The summed E-state index contributed by atoms with van der Waals surface area (Å²) < 4.78 is 24.4. The van der Waals surface area contributed by atoms with Crippen molar-refractivity contribution in [1.82, 2.24) is 14.7 Å². The maximum atomic E-state index is 13.4. The van der Waals surface area contributed by atoms with Gasteiger partial charge in [-0.25, -0.2) is 9.18 Å². The number of carbonyl (C=O) groups is 2. The first kappa shape index (κ1) is 22.1. The second-order valence-electron chi connectivity index (χ2n) is 8.03. The summed E-state index contributed by atoms with van der Waals surface area (Å²) in [6.45, 7) is 1.77. The van der Waals surface area contributed by atoms with Crippen LogP contribution in [-0.2, 0) is 4.79 Å². The van der Waals surface area contributed by atoms with Crippen LogP contribution < -0.4 is 9.47 Å². The molecule has 2 fully saturated rings. The molecular weight excluding hydrogens is 393 g/mol. The third kappa shape index (κ3) is 4.95. The van der Waals surface area contributed by atoms with E-state index in [2.05, 4.69) is 0 Å². The van der Waals surface area contributed by atoms with Crippen LogP contribution in [0.25, 0.3) is 0 Å². The molecule has 166 valence electrons. The van der Waals surface area contributed by atoms with Gasteiger partial charge in [-0.15, -0.1) is 0 Å². The zero-order valence-electron chi connectivity index (χ0n) is 17.7. The van der Waals surface area contributed by atoms with Gasteiger partial charge < -0.3 is 29.3 Å². The number of halogens is 1. The number of likely N-dealkylation sites (tertiary alicyclic amines) is 2. The van der Waals surface area contributed by atoms with E-state index in [9.17, 15) is 19.1 Å². The number of aliphatic hydroxyl groups is 1. The molecule has 1 N–H and O–H groups in total. The van der Waals surface area contributed by atoms with Crippen molar-refractivity contribution >= 4 is 11.9 Å². The van der Waals surface area contributed by atoms with Gasteiger partial charge in [0.05, 0.1) is 13.7 Å². The van der Waals surface area contributed by atoms with E-state index in [4.69, 9.17) is 9.47 Å². The van der Waals surface area contributed by atoms with Crippen molar-refractivity contribution < 1.29 is 28.6 Å².